The molecule has 1 aromatic heterocycles. The van der Waals surface area contributed by atoms with Gasteiger partial charge in [-0.1, -0.05) is 115 Å². The van der Waals surface area contributed by atoms with Crippen molar-refractivity contribution in [2.24, 2.45) is 0 Å². The van der Waals surface area contributed by atoms with Crippen molar-refractivity contribution in [3.63, 3.8) is 0 Å². The Labute approximate surface area is 244 Å². The molecule has 0 bridgehead atoms. The van der Waals surface area contributed by atoms with Crippen LogP contribution in [-0.4, -0.2) is 0 Å². The molecule has 0 N–H and O–H groups in total. The standard InChI is InChI=1S/C40H27NO/c1-3-10-28(11-4-1)30-18-22-34(23-19-30)41(35-24-20-31(21-25-35)29-12-5-2-6-13-29)37-16-9-17-38-40(37)36-26-32-14-7-8-15-33(32)27-39(36)42-38/h1-27H. The molecule has 2 nitrogen and oxygen atoms in total. The Morgan fingerprint density at radius 1 is 0.381 bits per heavy atom. The van der Waals surface area contributed by atoms with E-state index in [-0.39, 0.29) is 0 Å². The topological polar surface area (TPSA) is 16.4 Å². The summed E-state index contributed by atoms with van der Waals surface area (Å²) in [6, 6.07) is 57.9. The van der Waals surface area contributed by atoms with E-state index in [0.717, 1.165) is 39.0 Å². The van der Waals surface area contributed by atoms with E-state index in [9.17, 15) is 0 Å². The average molecular weight is 538 g/mol. The van der Waals surface area contributed by atoms with Crippen LogP contribution in [0, 0.1) is 0 Å². The van der Waals surface area contributed by atoms with E-state index in [1.54, 1.807) is 0 Å². The van der Waals surface area contributed by atoms with Crippen LogP contribution < -0.4 is 4.90 Å². The first-order valence-electron chi connectivity index (χ1n) is 14.3. The van der Waals surface area contributed by atoms with E-state index in [0.29, 0.717) is 0 Å². The molecule has 2 heteroatoms. The third kappa shape index (κ3) is 4.22. The summed E-state index contributed by atoms with van der Waals surface area (Å²) < 4.78 is 6.45. The largest absolute Gasteiger partial charge is 0.456 e. The molecular weight excluding hydrogens is 510 g/mol. The van der Waals surface area contributed by atoms with Gasteiger partial charge < -0.3 is 9.32 Å². The lowest BCUT2D eigenvalue weighted by Gasteiger charge is -2.26. The lowest BCUT2D eigenvalue weighted by molar-refractivity contribution is 0.669. The van der Waals surface area contributed by atoms with Crippen LogP contribution in [0.25, 0.3) is 55.0 Å². The van der Waals surface area contributed by atoms with E-state index in [2.05, 4.69) is 169 Å². The number of nitrogens with zero attached hydrogens (tertiary/aromatic N) is 1. The lowest BCUT2D eigenvalue weighted by Crippen LogP contribution is -2.10. The highest BCUT2D eigenvalue weighted by molar-refractivity contribution is 6.16. The quantitative estimate of drug-likeness (QED) is 0.217. The van der Waals surface area contributed by atoms with Crippen molar-refractivity contribution in [1.82, 2.24) is 0 Å². The molecule has 8 rings (SSSR count). The van der Waals surface area contributed by atoms with Gasteiger partial charge in [0.25, 0.3) is 0 Å². The summed E-state index contributed by atoms with van der Waals surface area (Å²) in [6.45, 7) is 0. The summed E-state index contributed by atoms with van der Waals surface area (Å²) in [5.41, 5.74) is 9.83. The second-order valence-electron chi connectivity index (χ2n) is 10.6. The molecule has 8 aromatic rings. The highest BCUT2D eigenvalue weighted by Gasteiger charge is 2.20. The van der Waals surface area contributed by atoms with Crippen LogP contribution in [0.2, 0.25) is 0 Å². The average Bonchev–Trinajstić information content (AvgIpc) is 3.43. The van der Waals surface area contributed by atoms with Crippen LogP contribution in [0.1, 0.15) is 0 Å². The smallest absolute Gasteiger partial charge is 0.137 e. The van der Waals surface area contributed by atoms with Crippen LogP contribution in [-0.2, 0) is 0 Å². The molecule has 0 aliphatic carbocycles. The van der Waals surface area contributed by atoms with Gasteiger partial charge >= 0.3 is 0 Å². The molecule has 7 aromatic carbocycles. The summed E-state index contributed by atoms with van der Waals surface area (Å²) in [7, 11) is 0. The predicted octanol–water partition coefficient (Wildman–Crippen LogP) is 11.5. The third-order valence-corrected chi connectivity index (χ3v) is 8.05. The molecule has 0 radical (unpaired) electrons. The fraction of sp³-hybridized carbons (Fsp3) is 0. The Kier molecular flexibility index (Phi) is 5.82. The Morgan fingerprint density at radius 3 is 1.45 bits per heavy atom. The molecule has 198 valence electrons. The van der Waals surface area contributed by atoms with Crippen LogP contribution in [0.5, 0.6) is 0 Å². The second-order valence-corrected chi connectivity index (χ2v) is 10.6. The highest BCUT2D eigenvalue weighted by atomic mass is 16.3. The van der Waals surface area contributed by atoms with Crippen LogP contribution in [0.4, 0.5) is 17.1 Å². The second kappa shape index (κ2) is 10.1. The molecule has 0 unspecified atom stereocenters. The van der Waals surface area contributed by atoms with Crippen LogP contribution in [0.15, 0.2) is 168 Å². The van der Waals surface area contributed by atoms with Gasteiger partial charge in [-0.05, 0) is 81.6 Å². The molecular formula is C40H27NO. The first-order chi connectivity index (χ1) is 20.8. The molecule has 0 spiro atoms. The van der Waals surface area contributed by atoms with Crippen molar-refractivity contribution < 1.29 is 4.42 Å². The predicted molar refractivity (Wildman–Crippen MR) is 177 cm³/mol. The van der Waals surface area contributed by atoms with Crippen molar-refractivity contribution in [3.05, 3.63) is 164 Å². The fourth-order valence-corrected chi connectivity index (χ4v) is 5.97. The van der Waals surface area contributed by atoms with E-state index in [1.807, 2.05) is 0 Å². The van der Waals surface area contributed by atoms with Gasteiger partial charge in [-0.25, -0.2) is 0 Å². The van der Waals surface area contributed by atoms with Gasteiger partial charge in [0.05, 0.1) is 11.1 Å². The van der Waals surface area contributed by atoms with Gasteiger partial charge in [0.2, 0.25) is 0 Å². The molecule has 0 atom stereocenters. The number of rotatable bonds is 5. The Balaban J connectivity index is 1.33. The third-order valence-electron chi connectivity index (χ3n) is 8.05. The van der Waals surface area contributed by atoms with E-state index >= 15 is 0 Å². The van der Waals surface area contributed by atoms with Crippen molar-refractivity contribution in [1.29, 1.82) is 0 Å². The maximum absolute atomic E-state index is 6.45. The highest BCUT2D eigenvalue weighted by Crippen LogP contribution is 2.44. The Bertz CT molecular complexity index is 2080. The summed E-state index contributed by atoms with van der Waals surface area (Å²) in [5.74, 6) is 0. The van der Waals surface area contributed by atoms with E-state index in [4.69, 9.17) is 4.42 Å². The lowest BCUT2D eigenvalue weighted by atomic mass is 10.0. The molecule has 42 heavy (non-hydrogen) atoms. The number of hydrogen-bond donors (Lipinski definition) is 0. The van der Waals surface area contributed by atoms with Crippen molar-refractivity contribution in [2.75, 3.05) is 4.90 Å². The van der Waals surface area contributed by atoms with E-state index in [1.165, 1.54) is 33.0 Å². The minimum absolute atomic E-state index is 0.879. The van der Waals surface area contributed by atoms with Crippen LogP contribution >= 0.6 is 0 Å². The zero-order chi connectivity index (χ0) is 27.9. The number of anilines is 3. The fourth-order valence-electron chi connectivity index (χ4n) is 5.97. The minimum Gasteiger partial charge on any atom is -0.456 e. The molecule has 0 fully saturated rings. The zero-order valence-corrected chi connectivity index (χ0v) is 22.9. The van der Waals surface area contributed by atoms with Crippen molar-refractivity contribution in [3.8, 4) is 22.3 Å². The zero-order valence-electron chi connectivity index (χ0n) is 22.9. The monoisotopic (exact) mass is 537 g/mol. The Hall–Kier alpha value is -5.60. The SMILES string of the molecule is c1ccc(-c2ccc(N(c3ccc(-c4ccccc4)cc3)c3cccc4oc5cc6ccccc6cc5c34)cc2)cc1. The molecule has 0 amide bonds. The number of furan rings is 1. The Morgan fingerprint density at radius 2 is 0.881 bits per heavy atom. The maximum Gasteiger partial charge on any atom is 0.137 e. The van der Waals surface area contributed by atoms with Gasteiger partial charge in [-0.2, -0.15) is 0 Å². The van der Waals surface area contributed by atoms with Gasteiger partial charge in [0.1, 0.15) is 11.2 Å². The first kappa shape index (κ1) is 24.2. The molecule has 0 saturated heterocycles. The van der Waals surface area contributed by atoms with Gasteiger partial charge in [0.15, 0.2) is 0 Å². The van der Waals surface area contributed by atoms with E-state index < -0.39 is 0 Å². The minimum atomic E-state index is 0.879. The number of hydrogen-bond acceptors (Lipinski definition) is 2. The summed E-state index contributed by atoms with van der Waals surface area (Å²) >= 11 is 0. The van der Waals surface area contributed by atoms with Gasteiger partial charge in [-0.15, -0.1) is 0 Å². The van der Waals surface area contributed by atoms with Gasteiger partial charge in [0, 0.05) is 16.8 Å². The van der Waals surface area contributed by atoms with Crippen molar-refractivity contribution in [2.45, 2.75) is 0 Å². The van der Waals surface area contributed by atoms with Gasteiger partial charge in [-0.3, -0.25) is 0 Å². The molecule has 0 saturated carbocycles. The summed E-state index contributed by atoms with van der Waals surface area (Å²) in [5, 5.41) is 4.60. The summed E-state index contributed by atoms with van der Waals surface area (Å²) in [6.07, 6.45) is 0. The van der Waals surface area contributed by atoms with Crippen molar-refractivity contribution >= 4 is 49.8 Å². The summed E-state index contributed by atoms with van der Waals surface area (Å²) in [4.78, 5) is 2.34. The maximum atomic E-state index is 6.45. The van der Waals surface area contributed by atoms with Crippen LogP contribution in [0.3, 0.4) is 0 Å². The number of fused-ring (bicyclic) bond motifs is 4. The molecule has 0 aliphatic heterocycles. The first-order valence-corrected chi connectivity index (χ1v) is 14.3. The molecule has 1 heterocycles. The number of benzene rings is 7. The normalized spacial score (nSPS) is 11.3. The molecule has 0 aliphatic rings.